The predicted octanol–water partition coefficient (Wildman–Crippen LogP) is 4.53. The molecule has 1 aromatic heterocycles. The third-order valence-electron chi connectivity index (χ3n) is 4.67. The molecule has 32 heavy (non-hydrogen) atoms. The lowest BCUT2D eigenvalue weighted by molar-refractivity contribution is -0.115. The number of nitrogens with zero attached hydrogens (tertiary/aromatic N) is 3. The van der Waals surface area contributed by atoms with Gasteiger partial charge in [-0.1, -0.05) is 42.1 Å². The molecular formula is C22H19F2N5O2S. The number of anilines is 1. The van der Waals surface area contributed by atoms with E-state index in [9.17, 15) is 13.6 Å². The zero-order valence-corrected chi connectivity index (χ0v) is 17.7. The van der Waals surface area contributed by atoms with E-state index in [-0.39, 0.29) is 11.7 Å². The van der Waals surface area contributed by atoms with Crippen LogP contribution < -0.4 is 15.9 Å². The number of aromatic nitrogens is 3. The second kappa shape index (κ2) is 9.23. The maximum atomic E-state index is 12.7. The van der Waals surface area contributed by atoms with Crippen molar-refractivity contribution in [3.63, 3.8) is 0 Å². The summed E-state index contributed by atoms with van der Waals surface area (Å²) in [5, 5.41) is 13.0. The van der Waals surface area contributed by atoms with E-state index in [1.54, 1.807) is 19.1 Å². The van der Waals surface area contributed by atoms with Crippen LogP contribution >= 0.6 is 11.8 Å². The molecule has 0 aliphatic heterocycles. The molecule has 0 saturated carbocycles. The number of amides is 1. The summed E-state index contributed by atoms with van der Waals surface area (Å²) in [6, 6.07) is 19.5. The number of carbonyl (C=O) groups excluding carboxylic acids is 1. The van der Waals surface area contributed by atoms with Crippen LogP contribution in [0.1, 0.15) is 6.92 Å². The third-order valence-corrected chi connectivity index (χ3v) is 5.73. The van der Waals surface area contributed by atoms with Crippen LogP contribution in [0.5, 0.6) is 5.75 Å². The Morgan fingerprint density at radius 1 is 1.06 bits per heavy atom. The minimum atomic E-state index is -2.90. The van der Waals surface area contributed by atoms with Crippen LogP contribution in [0.15, 0.2) is 71.9 Å². The van der Waals surface area contributed by atoms with Crippen LogP contribution in [-0.4, -0.2) is 32.6 Å². The Kier molecular flexibility index (Phi) is 6.22. The number of rotatable bonds is 7. The minimum absolute atomic E-state index is 0.0282. The maximum Gasteiger partial charge on any atom is 0.387 e. The smallest absolute Gasteiger partial charge is 0.387 e. The highest BCUT2D eigenvalue weighted by Gasteiger charge is 2.20. The predicted molar refractivity (Wildman–Crippen MR) is 120 cm³/mol. The molecule has 1 heterocycles. The van der Waals surface area contributed by atoms with Crippen molar-refractivity contribution in [3.05, 3.63) is 66.7 Å². The van der Waals surface area contributed by atoms with Gasteiger partial charge in [0.15, 0.2) is 5.82 Å². The summed E-state index contributed by atoms with van der Waals surface area (Å²) in [5.41, 5.74) is 1.27. The van der Waals surface area contributed by atoms with Crippen molar-refractivity contribution in [2.75, 3.05) is 11.2 Å². The van der Waals surface area contributed by atoms with E-state index in [4.69, 9.17) is 5.84 Å². The monoisotopic (exact) mass is 455 g/mol. The molecule has 0 spiro atoms. The largest absolute Gasteiger partial charge is 0.435 e. The summed E-state index contributed by atoms with van der Waals surface area (Å²) in [6.07, 6.45) is 0. The van der Waals surface area contributed by atoms with Gasteiger partial charge in [0.1, 0.15) is 5.75 Å². The Labute approximate surface area is 186 Å². The van der Waals surface area contributed by atoms with Crippen LogP contribution in [0.2, 0.25) is 0 Å². The Morgan fingerprint density at radius 2 is 1.78 bits per heavy atom. The van der Waals surface area contributed by atoms with E-state index >= 15 is 0 Å². The number of halogens is 2. The summed E-state index contributed by atoms with van der Waals surface area (Å²) in [4.78, 5) is 12.7. The summed E-state index contributed by atoms with van der Waals surface area (Å²) in [7, 11) is 0. The van der Waals surface area contributed by atoms with Gasteiger partial charge in [0.05, 0.1) is 5.25 Å². The van der Waals surface area contributed by atoms with E-state index in [0.29, 0.717) is 22.2 Å². The van der Waals surface area contributed by atoms with E-state index < -0.39 is 11.9 Å². The highest BCUT2D eigenvalue weighted by Crippen LogP contribution is 2.27. The molecule has 0 radical (unpaired) electrons. The molecular weight excluding hydrogens is 436 g/mol. The van der Waals surface area contributed by atoms with Gasteiger partial charge < -0.3 is 15.9 Å². The van der Waals surface area contributed by atoms with Crippen molar-refractivity contribution in [1.29, 1.82) is 0 Å². The molecule has 164 valence electrons. The van der Waals surface area contributed by atoms with E-state index in [1.165, 1.54) is 16.8 Å². The topological polar surface area (TPSA) is 95.1 Å². The van der Waals surface area contributed by atoms with Gasteiger partial charge in [0, 0.05) is 11.3 Å². The first-order chi connectivity index (χ1) is 15.4. The molecule has 1 amide bonds. The normalized spacial score (nSPS) is 12.1. The van der Waals surface area contributed by atoms with Gasteiger partial charge in [-0.05, 0) is 54.1 Å². The van der Waals surface area contributed by atoms with Crippen molar-refractivity contribution in [2.24, 2.45) is 0 Å². The van der Waals surface area contributed by atoms with E-state index in [2.05, 4.69) is 20.3 Å². The maximum absolute atomic E-state index is 12.7. The second-order valence-corrected chi connectivity index (χ2v) is 8.20. The van der Waals surface area contributed by atoms with Crippen molar-refractivity contribution >= 4 is 34.1 Å². The van der Waals surface area contributed by atoms with Crippen molar-refractivity contribution in [3.8, 4) is 17.1 Å². The van der Waals surface area contributed by atoms with E-state index in [0.717, 1.165) is 22.5 Å². The highest BCUT2D eigenvalue weighted by molar-refractivity contribution is 8.00. The molecule has 0 aliphatic carbocycles. The van der Waals surface area contributed by atoms with Crippen LogP contribution in [0, 0.1) is 0 Å². The Hall–Kier alpha value is -3.66. The molecule has 0 bridgehead atoms. The Bertz CT molecular complexity index is 1250. The number of carbonyl (C=O) groups is 1. The molecule has 3 aromatic carbocycles. The number of nitrogen functional groups attached to an aromatic ring is 1. The number of ether oxygens (including phenoxy) is 1. The fourth-order valence-corrected chi connectivity index (χ4v) is 3.83. The zero-order valence-electron chi connectivity index (χ0n) is 16.9. The fourth-order valence-electron chi connectivity index (χ4n) is 3.06. The standard InChI is InChI=1S/C22H19F2N5O2S/c1-13(20(30)26-17-9-6-14-4-2-3-5-16(14)12-17)32-22-28-27-19(29(22)25)15-7-10-18(11-8-15)31-21(23)24/h2-13,21H,25H2,1H3,(H,26,30). The molecule has 1 atom stereocenters. The van der Waals surface area contributed by atoms with Gasteiger partial charge in [-0.2, -0.15) is 8.78 Å². The number of alkyl halides is 2. The molecule has 0 saturated heterocycles. The lowest BCUT2D eigenvalue weighted by atomic mass is 10.1. The van der Waals surface area contributed by atoms with Crippen LogP contribution in [-0.2, 0) is 4.79 Å². The first-order valence-corrected chi connectivity index (χ1v) is 10.5. The Balaban J connectivity index is 1.43. The molecule has 10 heteroatoms. The molecule has 3 N–H and O–H groups in total. The number of thioether (sulfide) groups is 1. The fraction of sp³-hybridized carbons (Fsp3) is 0.136. The molecule has 0 aliphatic rings. The quantitative estimate of drug-likeness (QED) is 0.314. The number of benzene rings is 3. The van der Waals surface area contributed by atoms with Gasteiger partial charge in [0.2, 0.25) is 11.1 Å². The summed E-state index contributed by atoms with van der Waals surface area (Å²) in [5.74, 6) is 6.26. The summed E-state index contributed by atoms with van der Waals surface area (Å²) >= 11 is 1.16. The zero-order chi connectivity index (χ0) is 22.7. The third kappa shape index (κ3) is 4.80. The number of nitrogens with one attached hydrogen (secondary N) is 1. The van der Waals surface area contributed by atoms with Gasteiger partial charge in [0.25, 0.3) is 0 Å². The lowest BCUT2D eigenvalue weighted by Gasteiger charge is -2.12. The van der Waals surface area contributed by atoms with Crippen molar-refractivity contribution < 1.29 is 18.3 Å². The first-order valence-electron chi connectivity index (χ1n) is 9.63. The van der Waals surface area contributed by atoms with Crippen LogP contribution in [0.4, 0.5) is 14.5 Å². The van der Waals surface area contributed by atoms with Gasteiger partial charge in [-0.15, -0.1) is 10.2 Å². The number of hydrogen-bond acceptors (Lipinski definition) is 6. The van der Waals surface area contributed by atoms with Crippen molar-refractivity contribution in [1.82, 2.24) is 14.9 Å². The number of hydrogen-bond donors (Lipinski definition) is 2. The van der Waals surface area contributed by atoms with Crippen LogP contribution in [0.25, 0.3) is 22.2 Å². The van der Waals surface area contributed by atoms with Gasteiger partial charge in [-0.3, -0.25) is 4.79 Å². The van der Waals surface area contributed by atoms with Gasteiger partial charge in [-0.25, -0.2) is 4.68 Å². The number of fused-ring (bicyclic) bond motifs is 1. The average molecular weight is 455 g/mol. The molecule has 7 nitrogen and oxygen atoms in total. The van der Waals surface area contributed by atoms with Gasteiger partial charge >= 0.3 is 6.61 Å². The summed E-state index contributed by atoms with van der Waals surface area (Å²) < 4.78 is 30.2. The SMILES string of the molecule is CC(Sc1nnc(-c2ccc(OC(F)F)cc2)n1N)C(=O)Nc1ccc2ccccc2c1. The molecule has 4 aromatic rings. The molecule has 1 unspecified atom stereocenters. The van der Waals surface area contributed by atoms with Crippen LogP contribution in [0.3, 0.4) is 0 Å². The number of nitrogens with two attached hydrogens (primary N) is 1. The molecule has 4 rings (SSSR count). The first kappa shape index (κ1) is 21.6. The minimum Gasteiger partial charge on any atom is -0.435 e. The lowest BCUT2D eigenvalue weighted by Crippen LogP contribution is -2.23. The summed E-state index contributed by atoms with van der Waals surface area (Å²) in [6.45, 7) is -1.16. The average Bonchev–Trinajstić information content (AvgIpc) is 3.13. The highest BCUT2D eigenvalue weighted by atomic mass is 32.2. The Morgan fingerprint density at radius 3 is 2.50 bits per heavy atom. The molecule has 0 fully saturated rings. The van der Waals surface area contributed by atoms with E-state index in [1.807, 2.05) is 42.5 Å². The second-order valence-electron chi connectivity index (χ2n) is 6.89. The van der Waals surface area contributed by atoms with Crippen molar-refractivity contribution in [2.45, 2.75) is 23.9 Å².